The van der Waals surface area contributed by atoms with Crippen molar-refractivity contribution in [3.05, 3.63) is 29.0 Å². The van der Waals surface area contributed by atoms with Crippen molar-refractivity contribution in [1.82, 2.24) is 4.98 Å². The Bertz CT molecular complexity index is 199. The Kier molecular flexibility index (Phi) is 5.86. The van der Waals surface area contributed by atoms with Crippen LogP contribution in [-0.4, -0.2) is 4.98 Å². The molecule has 0 aromatic carbocycles. The molecule has 1 aromatic heterocycles. The summed E-state index contributed by atoms with van der Waals surface area (Å²) in [5.41, 5.74) is 1.11. The highest BCUT2D eigenvalue weighted by Gasteiger charge is 1.93. The first-order valence-electron chi connectivity index (χ1n) is 3.94. The lowest BCUT2D eigenvalue weighted by Gasteiger charge is -1.95. The third kappa shape index (κ3) is 3.38. The Hall–Kier alpha value is -0.560. The number of hydrogen-bond donors (Lipinski definition) is 0. The number of aromatic nitrogens is 1. The lowest BCUT2D eigenvalue weighted by Crippen LogP contribution is -1.82. The van der Waals surface area contributed by atoms with Crippen LogP contribution in [0.25, 0.3) is 0 Å². The van der Waals surface area contributed by atoms with Gasteiger partial charge in [-0.05, 0) is 18.1 Å². The summed E-state index contributed by atoms with van der Waals surface area (Å²) in [5.74, 6) is 0. The van der Waals surface area contributed by atoms with Crippen molar-refractivity contribution in [1.29, 1.82) is 0 Å². The molecule has 0 bridgehead atoms. The summed E-state index contributed by atoms with van der Waals surface area (Å²) in [6.07, 6.45) is 2.65. The van der Waals surface area contributed by atoms with Gasteiger partial charge in [0.05, 0.1) is 0 Å². The van der Waals surface area contributed by atoms with E-state index in [1.165, 1.54) is 0 Å². The van der Waals surface area contributed by atoms with E-state index >= 15 is 0 Å². The molecule has 0 aliphatic heterocycles. The predicted octanol–water partition coefficient (Wildman–Crippen LogP) is 3.32. The van der Waals surface area contributed by atoms with Gasteiger partial charge in [-0.1, -0.05) is 38.4 Å². The quantitative estimate of drug-likeness (QED) is 0.591. The molecule has 0 amide bonds. The van der Waals surface area contributed by atoms with Gasteiger partial charge in [0.15, 0.2) is 0 Å². The molecule has 0 aliphatic carbocycles. The van der Waals surface area contributed by atoms with E-state index < -0.39 is 0 Å². The third-order valence-electron chi connectivity index (χ3n) is 1.22. The standard InChI is InChI=1S/C7H8ClN.C2H6/c1-2-6-4-3-5-9-7(6)8;1-2/h3-5H,2H2,1H3;1-2H3. The number of aryl methyl sites for hydroxylation is 1. The second-order valence-electron chi connectivity index (χ2n) is 1.81. The van der Waals surface area contributed by atoms with Gasteiger partial charge in [0.1, 0.15) is 5.15 Å². The number of halogens is 1. The fourth-order valence-corrected chi connectivity index (χ4v) is 0.936. The van der Waals surface area contributed by atoms with Crippen LogP contribution >= 0.6 is 11.6 Å². The maximum atomic E-state index is 5.71. The Balaban J connectivity index is 0.000000461. The van der Waals surface area contributed by atoms with Crippen molar-refractivity contribution in [3.63, 3.8) is 0 Å². The highest BCUT2D eigenvalue weighted by molar-refractivity contribution is 6.30. The molecule has 1 aromatic rings. The molecule has 1 nitrogen and oxygen atoms in total. The van der Waals surface area contributed by atoms with Crippen LogP contribution in [0.2, 0.25) is 5.15 Å². The number of hydrogen-bond acceptors (Lipinski definition) is 1. The minimum absolute atomic E-state index is 0.625. The van der Waals surface area contributed by atoms with E-state index in [4.69, 9.17) is 11.6 Å². The van der Waals surface area contributed by atoms with Crippen LogP contribution in [0.1, 0.15) is 26.3 Å². The summed E-state index contributed by atoms with van der Waals surface area (Å²) >= 11 is 5.71. The topological polar surface area (TPSA) is 12.9 Å². The molecule has 0 saturated heterocycles. The average molecular weight is 172 g/mol. The molecule has 0 radical (unpaired) electrons. The van der Waals surface area contributed by atoms with E-state index in [9.17, 15) is 0 Å². The molecule has 2 heteroatoms. The molecular weight excluding hydrogens is 158 g/mol. The van der Waals surface area contributed by atoms with Gasteiger partial charge in [0, 0.05) is 6.20 Å². The van der Waals surface area contributed by atoms with Crippen LogP contribution in [-0.2, 0) is 6.42 Å². The molecule has 11 heavy (non-hydrogen) atoms. The SMILES string of the molecule is CC.CCc1cccnc1Cl. The Morgan fingerprint density at radius 2 is 2.09 bits per heavy atom. The van der Waals surface area contributed by atoms with Gasteiger partial charge in [-0.15, -0.1) is 0 Å². The summed E-state index contributed by atoms with van der Waals surface area (Å²) in [4.78, 5) is 3.92. The van der Waals surface area contributed by atoms with E-state index in [2.05, 4.69) is 11.9 Å². The molecule has 0 spiro atoms. The van der Waals surface area contributed by atoms with Crippen LogP contribution in [0.15, 0.2) is 18.3 Å². The molecule has 1 heterocycles. The first-order chi connectivity index (χ1) is 5.34. The van der Waals surface area contributed by atoms with Gasteiger partial charge >= 0.3 is 0 Å². The number of nitrogens with zero attached hydrogens (tertiary/aromatic N) is 1. The first-order valence-corrected chi connectivity index (χ1v) is 4.31. The average Bonchev–Trinajstić information content (AvgIpc) is 2.09. The Labute approximate surface area is 73.4 Å². The zero-order valence-electron chi connectivity index (χ0n) is 7.26. The van der Waals surface area contributed by atoms with E-state index in [0.717, 1.165) is 12.0 Å². The molecular formula is C9H14ClN. The molecule has 0 saturated carbocycles. The van der Waals surface area contributed by atoms with E-state index in [1.54, 1.807) is 6.20 Å². The summed E-state index contributed by atoms with van der Waals surface area (Å²) < 4.78 is 0. The van der Waals surface area contributed by atoms with Gasteiger partial charge in [0.25, 0.3) is 0 Å². The van der Waals surface area contributed by atoms with E-state index in [0.29, 0.717) is 5.15 Å². The first kappa shape index (κ1) is 10.4. The van der Waals surface area contributed by atoms with Crippen molar-refractivity contribution in [2.75, 3.05) is 0 Å². The van der Waals surface area contributed by atoms with Crippen LogP contribution in [0.4, 0.5) is 0 Å². The summed E-state index contributed by atoms with van der Waals surface area (Å²) in [7, 11) is 0. The largest absolute Gasteiger partial charge is 0.244 e. The summed E-state index contributed by atoms with van der Waals surface area (Å²) in [5, 5.41) is 0.625. The van der Waals surface area contributed by atoms with Crippen LogP contribution in [0.3, 0.4) is 0 Å². The molecule has 0 atom stereocenters. The Morgan fingerprint density at radius 1 is 1.45 bits per heavy atom. The minimum Gasteiger partial charge on any atom is -0.244 e. The molecule has 0 aliphatic rings. The predicted molar refractivity (Wildman–Crippen MR) is 50.0 cm³/mol. The maximum absolute atomic E-state index is 5.71. The van der Waals surface area contributed by atoms with Gasteiger partial charge < -0.3 is 0 Å². The van der Waals surface area contributed by atoms with Crippen molar-refractivity contribution < 1.29 is 0 Å². The van der Waals surface area contributed by atoms with Crippen LogP contribution in [0, 0.1) is 0 Å². The maximum Gasteiger partial charge on any atom is 0.132 e. The molecule has 0 fully saturated rings. The Morgan fingerprint density at radius 3 is 2.45 bits per heavy atom. The van der Waals surface area contributed by atoms with Crippen LogP contribution in [0.5, 0.6) is 0 Å². The summed E-state index contributed by atoms with van der Waals surface area (Å²) in [6.45, 7) is 6.06. The van der Waals surface area contributed by atoms with Crippen molar-refractivity contribution >= 4 is 11.6 Å². The van der Waals surface area contributed by atoms with Crippen molar-refractivity contribution in [2.24, 2.45) is 0 Å². The number of rotatable bonds is 1. The highest BCUT2D eigenvalue weighted by Crippen LogP contribution is 2.10. The molecule has 1 rings (SSSR count). The fourth-order valence-electron chi connectivity index (χ4n) is 0.683. The van der Waals surface area contributed by atoms with E-state index in [-0.39, 0.29) is 0 Å². The second kappa shape index (κ2) is 6.17. The van der Waals surface area contributed by atoms with E-state index in [1.807, 2.05) is 26.0 Å². The zero-order chi connectivity index (χ0) is 8.69. The lowest BCUT2D eigenvalue weighted by molar-refractivity contribution is 1.10. The van der Waals surface area contributed by atoms with Gasteiger partial charge in [-0.3, -0.25) is 0 Å². The lowest BCUT2D eigenvalue weighted by atomic mass is 10.2. The number of pyridine rings is 1. The smallest absolute Gasteiger partial charge is 0.132 e. The minimum atomic E-state index is 0.625. The van der Waals surface area contributed by atoms with Crippen LogP contribution < -0.4 is 0 Å². The molecule has 0 unspecified atom stereocenters. The second-order valence-corrected chi connectivity index (χ2v) is 2.16. The normalized spacial score (nSPS) is 8.36. The summed E-state index contributed by atoms with van der Waals surface area (Å²) in [6, 6.07) is 3.88. The van der Waals surface area contributed by atoms with Gasteiger partial charge in [-0.2, -0.15) is 0 Å². The monoisotopic (exact) mass is 171 g/mol. The molecule has 0 N–H and O–H groups in total. The van der Waals surface area contributed by atoms with Crippen molar-refractivity contribution in [3.8, 4) is 0 Å². The molecule has 62 valence electrons. The third-order valence-corrected chi connectivity index (χ3v) is 1.56. The fraction of sp³-hybridized carbons (Fsp3) is 0.444. The van der Waals surface area contributed by atoms with Crippen molar-refractivity contribution in [2.45, 2.75) is 27.2 Å². The van der Waals surface area contributed by atoms with Gasteiger partial charge in [0.2, 0.25) is 0 Å². The highest BCUT2D eigenvalue weighted by atomic mass is 35.5. The van der Waals surface area contributed by atoms with Gasteiger partial charge in [-0.25, -0.2) is 4.98 Å². The zero-order valence-corrected chi connectivity index (χ0v) is 8.02.